The lowest BCUT2D eigenvalue weighted by Crippen LogP contribution is -2.22. The molecule has 4 aromatic rings. The zero-order chi connectivity index (χ0) is 20.4. The molecule has 1 heterocycles. The molecule has 0 aliphatic heterocycles. The number of aromatic nitrogens is 2. The second kappa shape index (κ2) is 7.75. The third-order valence-electron chi connectivity index (χ3n) is 4.82. The van der Waals surface area contributed by atoms with Gasteiger partial charge in [-0.25, -0.2) is 4.39 Å². The van der Waals surface area contributed by atoms with E-state index in [4.69, 9.17) is 4.74 Å². The highest BCUT2D eigenvalue weighted by molar-refractivity contribution is 6.09. The Labute approximate surface area is 167 Å². The van der Waals surface area contributed by atoms with Gasteiger partial charge in [-0.3, -0.25) is 9.48 Å². The highest BCUT2D eigenvalue weighted by Crippen LogP contribution is 2.28. The van der Waals surface area contributed by atoms with Crippen LogP contribution in [0.4, 0.5) is 10.1 Å². The SMILES string of the molecule is COc1cccc(NC(C(=O)c2nn(C)c3ccc(F)cc23)c2ccccc2)c1. The van der Waals surface area contributed by atoms with Crippen molar-refractivity contribution in [2.24, 2.45) is 7.05 Å². The third-order valence-corrected chi connectivity index (χ3v) is 4.82. The molecule has 6 heteroatoms. The van der Waals surface area contributed by atoms with Gasteiger partial charge in [0.15, 0.2) is 0 Å². The van der Waals surface area contributed by atoms with Gasteiger partial charge in [-0.1, -0.05) is 36.4 Å². The normalized spacial score (nSPS) is 12.0. The summed E-state index contributed by atoms with van der Waals surface area (Å²) in [6.07, 6.45) is 0. The van der Waals surface area contributed by atoms with Crippen LogP contribution in [0, 0.1) is 5.82 Å². The number of aryl methyl sites for hydroxylation is 1. The van der Waals surface area contributed by atoms with Gasteiger partial charge in [0.1, 0.15) is 23.3 Å². The van der Waals surface area contributed by atoms with Gasteiger partial charge < -0.3 is 10.1 Å². The number of methoxy groups -OCH3 is 1. The number of carbonyl (C=O) groups is 1. The Bertz CT molecular complexity index is 1170. The maximum Gasteiger partial charge on any atom is 0.210 e. The van der Waals surface area contributed by atoms with Crippen molar-refractivity contribution in [1.29, 1.82) is 0 Å². The van der Waals surface area contributed by atoms with Gasteiger partial charge in [-0.2, -0.15) is 5.10 Å². The molecule has 0 bridgehead atoms. The average molecular weight is 389 g/mol. The van der Waals surface area contributed by atoms with Crippen LogP contribution in [0.5, 0.6) is 5.75 Å². The lowest BCUT2D eigenvalue weighted by Gasteiger charge is -2.19. The predicted molar refractivity (Wildman–Crippen MR) is 111 cm³/mol. The van der Waals surface area contributed by atoms with Crippen LogP contribution in [0.25, 0.3) is 10.9 Å². The Kier molecular flexibility index (Phi) is 4.99. The van der Waals surface area contributed by atoms with E-state index in [0.717, 1.165) is 11.3 Å². The molecule has 1 aromatic heterocycles. The fraction of sp³-hybridized carbons (Fsp3) is 0.130. The molecule has 0 fully saturated rings. The van der Waals surface area contributed by atoms with E-state index in [1.54, 1.807) is 24.9 Å². The molecule has 5 nitrogen and oxygen atoms in total. The van der Waals surface area contributed by atoms with Crippen LogP contribution >= 0.6 is 0 Å². The highest BCUT2D eigenvalue weighted by Gasteiger charge is 2.27. The summed E-state index contributed by atoms with van der Waals surface area (Å²) in [5.74, 6) is 0.0337. The van der Waals surface area contributed by atoms with Gasteiger partial charge in [-0.05, 0) is 35.9 Å². The quantitative estimate of drug-likeness (QED) is 0.483. The van der Waals surface area contributed by atoms with Gasteiger partial charge in [0, 0.05) is 24.2 Å². The molecule has 146 valence electrons. The number of hydrogen-bond donors (Lipinski definition) is 1. The molecular formula is C23H20FN3O2. The number of nitrogens with zero attached hydrogens (tertiary/aromatic N) is 2. The van der Waals surface area contributed by atoms with Crippen molar-refractivity contribution in [3.05, 3.63) is 89.9 Å². The first-order valence-electron chi connectivity index (χ1n) is 9.19. The van der Waals surface area contributed by atoms with Crippen molar-refractivity contribution in [2.45, 2.75) is 6.04 Å². The maximum absolute atomic E-state index is 13.9. The molecule has 1 N–H and O–H groups in total. The van der Waals surface area contributed by atoms with E-state index in [2.05, 4.69) is 10.4 Å². The third kappa shape index (κ3) is 3.69. The summed E-state index contributed by atoms with van der Waals surface area (Å²) in [6, 6.07) is 20.4. The number of benzene rings is 3. The van der Waals surface area contributed by atoms with Crippen LogP contribution < -0.4 is 10.1 Å². The fourth-order valence-corrected chi connectivity index (χ4v) is 3.38. The molecule has 0 spiro atoms. The minimum absolute atomic E-state index is 0.228. The van der Waals surface area contributed by atoms with Crippen LogP contribution in [0.2, 0.25) is 0 Å². The van der Waals surface area contributed by atoms with Crippen LogP contribution in [-0.4, -0.2) is 22.7 Å². The van der Waals surface area contributed by atoms with Gasteiger partial charge >= 0.3 is 0 Å². The minimum Gasteiger partial charge on any atom is -0.497 e. The molecule has 0 aliphatic carbocycles. The number of rotatable bonds is 6. The number of ether oxygens (including phenoxy) is 1. The Morgan fingerprint density at radius 2 is 1.86 bits per heavy atom. The van der Waals surface area contributed by atoms with E-state index in [-0.39, 0.29) is 11.5 Å². The van der Waals surface area contributed by atoms with Crippen molar-refractivity contribution in [2.75, 3.05) is 12.4 Å². The maximum atomic E-state index is 13.9. The van der Waals surface area contributed by atoms with E-state index < -0.39 is 11.9 Å². The number of hydrogen-bond acceptors (Lipinski definition) is 4. The Morgan fingerprint density at radius 3 is 2.62 bits per heavy atom. The van der Waals surface area contributed by atoms with E-state index in [9.17, 15) is 9.18 Å². The van der Waals surface area contributed by atoms with Crippen LogP contribution in [0.15, 0.2) is 72.8 Å². The minimum atomic E-state index is -0.690. The number of fused-ring (bicyclic) bond motifs is 1. The molecule has 1 unspecified atom stereocenters. The summed E-state index contributed by atoms with van der Waals surface area (Å²) in [4.78, 5) is 13.6. The summed E-state index contributed by atoms with van der Waals surface area (Å²) in [5.41, 5.74) is 2.45. The lowest BCUT2D eigenvalue weighted by molar-refractivity contribution is 0.0965. The molecule has 29 heavy (non-hydrogen) atoms. The van der Waals surface area contributed by atoms with Crippen LogP contribution in [0.3, 0.4) is 0 Å². The van der Waals surface area contributed by atoms with Crippen LogP contribution in [0.1, 0.15) is 22.1 Å². The average Bonchev–Trinajstić information content (AvgIpc) is 3.08. The largest absolute Gasteiger partial charge is 0.497 e. The van der Waals surface area contributed by atoms with E-state index in [1.807, 2.05) is 54.6 Å². The molecule has 0 amide bonds. The number of carbonyl (C=O) groups excluding carboxylic acids is 1. The van der Waals surface area contributed by atoms with E-state index in [0.29, 0.717) is 16.7 Å². The summed E-state index contributed by atoms with van der Waals surface area (Å²) in [6.45, 7) is 0. The monoisotopic (exact) mass is 389 g/mol. The zero-order valence-corrected chi connectivity index (χ0v) is 16.1. The van der Waals surface area contributed by atoms with Crippen molar-refractivity contribution in [3.63, 3.8) is 0 Å². The van der Waals surface area contributed by atoms with Gasteiger partial charge in [0.25, 0.3) is 0 Å². The molecule has 0 saturated carbocycles. The molecule has 3 aromatic carbocycles. The standard InChI is InChI=1S/C23H20FN3O2/c1-27-20-12-11-16(24)13-19(20)22(26-27)23(28)21(15-7-4-3-5-8-15)25-17-9-6-10-18(14-17)29-2/h3-14,21,25H,1-2H3. The molecule has 0 radical (unpaired) electrons. The lowest BCUT2D eigenvalue weighted by atomic mass is 9.98. The summed E-state index contributed by atoms with van der Waals surface area (Å²) >= 11 is 0. The summed E-state index contributed by atoms with van der Waals surface area (Å²) in [5, 5.41) is 8.16. The smallest absolute Gasteiger partial charge is 0.210 e. The van der Waals surface area contributed by atoms with Crippen molar-refractivity contribution in [3.8, 4) is 5.75 Å². The van der Waals surface area contributed by atoms with Gasteiger partial charge in [0.05, 0.1) is 12.6 Å². The Balaban J connectivity index is 1.79. The first-order valence-corrected chi connectivity index (χ1v) is 9.19. The second-order valence-corrected chi connectivity index (χ2v) is 6.72. The van der Waals surface area contributed by atoms with Crippen LogP contribution in [-0.2, 0) is 7.05 Å². The predicted octanol–water partition coefficient (Wildman–Crippen LogP) is 4.76. The first-order chi connectivity index (χ1) is 14.1. The molecule has 0 saturated heterocycles. The number of anilines is 1. The highest BCUT2D eigenvalue weighted by atomic mass is 19.1. The molecular weight excluding hydrogens is 369 g/mol. The topological polar surface area (TPSA) is 56.1 Å². The number of Topliss-reactive ketones (excluding diaryl/α,β-unsaturated/α-hetero) is 1. The number of nitrogens with one attached hydrogen (secondary N) is 1. The molecule has 1 atom stereocenters. The molecule has 0 aliphatic rings. The van der Waals surface area contributed by atoms with Crippen molar-refractivity contribution < 1.29 is 13.9 Å². The van der Waals surface area contributed by atoms with Gasteiger partial charge in [-0.15, -0.1) is 0 Å². The Hall–Kier alpha value is -3.67. The number of ketones is 1. The number of halogens is 1. The van der Waals surface area contributed by atoms with Crippen molar-refractivity contribution in [1.82, 2.24) is 9.78 Å². The molecule has 4 rings (SSSR count). The van der Waals surface area contributed by atoms with Gasteiger partial charge in [0.2, 0.25) is 5.78 Å². The van der Waals surface area contributed by atoms with E-state index >= 15 is 0 Å². The van der Waals surface area contributed by atoms with Crippen molar-refractivity contribution >= 4 is 22.4 Å². The second-order valence-electron chi connectivity index (χ2n) is 6.72. The summed E-state index contributed by atoms with van der Waals surface area (Å²) in [7, 11) is 3.33. The van der Waals surface area contributed by atoms with E-state index in [1.165, 1.54) is 12.1 Å². The fourth-order valence-electron chi connectivity index (χ4n) is 3.38. The summed E-state index contributed by atoms with van der Waals surface area (Å²) < 4.78 is 20.7. The Morgan fingerprint density at radius 1 is 1.07 bits per heavy atom. The zero-order valence-electron chi connectivity index (χ0n) is 16.1. The first kappa shape index (κ1) is 18.7.